The van der Waals surface area contributed by atoms with Crippen LogP contribution in [0.2, 0.25) is 0 Å². The molecule has 0 bridgehead atoms. The molecule has 1 unspecified atom stereocenters. The van der Waals surface area contributed by atoms with Crippen LogP contribution in [0.15, 0.2) is 6.20 Å². The number of aromatic nitrogens is 3. The van der Waals surface area contributed by atoms with E-state index in [0.29, 0.717) is 31.2 Å². The molecule has 0 amide bonds. The van der Waals surface area contributed by atoms with Crippen LogP contribution in [0.3, 0.4) is 0 Å². The maximum atomic E-state index is 11.8. The highest BCUT2D eigenvalue weighted by Gasteiger charge is 2.15. The molecule has 0 saturated carbocycles. The zero-order valence-electron chi connectivity index (χ0n) is 11.6. The predicted molar refractivity (Wildman–Crippen MR) is 70.9 cm³/mol. The molecule has 1 heterocycles. The molecule has 0 aliphatic rings. The van der Waals surface area contributed by atoms with Crippen LogP contribution >= 0.6 is 0 Å². The molecule has 0 aliphatic carbocycles. The Morgan fingerprint density at radius 2 is 2.17 bits per heavy atom. The zero-order valence-corrected chi connectivity index (χ0v) is 11.6. The molecule has 0 aromatic carbocycles. The normalized spacial score (nSPS) is 12.9. The van der Waals surface area contributed by atoms with Crippen LogP contribution in [-0.2, 0) is 18.3 Å². The lowest BCUT2D eigenvalue weighted by molar-refractivity contribution is -0.118. The van der Waals surface area contributed by atoms with Crippen molar-refractivity contribution in [1.29, 1.82) is 0 Å². The van der Waals surface area contributed by atoms with Gasteiger partial charge in [-0.05, 0) is 31.2 Å². The van der Waals surface area contributed by atoms with Crippen molar-refractivity contribution in [2.24, 2.45) is 24.6 Å². The number of aryl methyl sites for hydroxylation is 1. The zero-order chi connectivity index (χ0) is 13.5. The van der Waals surface area contributed by atoms with Gasteiger partial charge in [-0.3, -0.25) is 9.48 Å². The van der Waals surface area contributed by atoms with Crippen molar-refractivity contribution in [2.45, 2.75) is 39.5 Å². The average molecular weight is 252 g/mol. The van der Waals surface area contributed by atoms with Gasteiger partial charge < -0.3 is 5.73 Å². The number of nitrogens with zero attached hydrogens (tertiary/aromatic N) is 3. The second-order valence-corrected chi connectivity index (χ2v) is 5.22. The van der Waals surface area contributed by atoms with Crippen LogP contribution < -0.4 is 5.73 Å². The molecule has 0 fully saturated rings. The molecule has 0 radical (unpaired) electrons. The maximum absolute atomic E-state index is 11.8. The highest BCUT2D eigenvalue weighted by molar-refractivity contribution is 5.80. The lowest BCUT2D eigenvalue weighted by Crippen LogP contribution is -2.16. The van der Waals surface area contributed by atoms with Crippen molar-refractivity contribution in [2.75, 3.05) is 6.54 Å². The predicted octanol–water partition coefficient (Wildman–Crippen LogP) is 1.33. The number of Topliss-reactive ketones (excluding diaryl/α,β-unsaturated/α-hetero) is 1. The van der Waals surface area contributed by atoms with Crippen molar-refractivity contribution in [1.82, 2.24) is 15.0 Å². The molecule has 1 aromatic heterocycles. The standard InChI is InChI=1S/C13H24N4O/c1-10(2)11(6-7-14)4-5-13(18)8-12-9-17(3)16-15-12/h9-11H,4-8,14H2,1-3H3. The lowest BCUT2D eigenvalue weighted by Gasteiger charge is -2.19. The van der Waals surface area contributed by atoms with E-state index in [-0.39, 0.29) is 5.78 Å². The van der Waals surface area contributed by atoms with E-state index in [1.807, 2.05) is 0 Å². The summed E-state index contributed by atoms with van der Waals surface area (Å²) in [5.74, 6) is 1.36. The van der Waals surface area contributed by atoms with Crippen LogP contribution in [-0.4, -0.2) is 27.3 Å². The molecule has 5 nitrogen and oxygen atoms in total. The van der Waals surface area contributed by atoms with Gasteiger partial charge in [0.25, 0.3) is 0 Å². The molecule has 0 spiro atoms. The van der Waals surface area contributed by atoms with Gasteiger partial charge in [0, 0.05) is 19.7 Å². The van der Waals surface area contributed by atoms with Gasteiger partial charge in [0.2, 0.25) is 0 Å². The summed E-state index contributed by atoms with van der Waals surface area (Å²) in [4.78, 5) is 11.8. The molecule has 1 atom stereocenters. The number of rotatable bonds is 8. The highest BCUT2D eigenvalue weighted by atomic mass is 16.1. The van der Waals surface area contributed by atoms with Gasteiger partial charge in [0.05, 0.1) is 12.1 Å². The van der Waals surface area contributed by atoms with Crippen LogP contribution in [0.25, 0.3) is 0 Å². The summed E-state index contributed by atoms with van der Waals surface area (Å²) in [6, 6.07) is 0. The molecular weight excluding hydrogens is 228 g/mol. The first-order chi connectivity index (χ1) is 8.52. The maximum Gasteiger partial charge on any atom is 0.138 e. The van der Waals surface area contributed by atoms with E-state index in [4.69, 9.17) is 5.73 Å². The number of ketones is 1. The number of nitrogens with two attached hydrogens (primary N) is 1. The first-order valence-electron chi connectivity index (χ1n) is 6.60. The van der Waals surface area contributed by atoms with Gasteiger partial charge in [0.1, 0.15) is 5.78 Å². The number of hydrogen-bond donors (Lipinski definition) is 1. The molecular formula is C13H24N4O. The van der Waals surface area contributed by atoms with E-state index < -0.39 is 0 Å². The minimum Gasteiger partial charge on any atom is -0.330 e. The van der Waals surface area contributed by atoms with Gasteiger partial charge in [0.15, 0.2) is 0 Å². The van der Waals surface area contributed by atoms with E-state index in [0.717, 1.165) is 18.5 Å². The van der Waals surface area contributed by atoms with Crippen LogP contribution in [0.1, 0.15) is 38.8 Å². The molecule has 1 rings (SSSR count). The van der Waals surface area contributed by atoms with Crippen molar-refractivity contribution < 1.29 is 4.79 Å². The van der Waals surface area contributed by atoms with E-state index in [9.17, 15) is 4.79 Å². The Kier molecular flexibility index (Phi) is 5.98. The van der Waals surface area contributed by atoms with Gasteiger partial charge in [-0.25, -0.2) is 0 Å². The number of carbonyl (C=O) groups is 1. The van der Waals surface area contributed by atoms with Crippen molar-refractivity contribution in [3.63, 3.8) is 0 Å². The topological polar surface area (TPSA) is 73.8 Å². The van der Waals surface area contributed by atoms with E-state index in [1.165, 1.54) is 0 Å². The summed E-state index contributed by atoms with van der Waals surface area (Å²) in [5, 5.41) is 7.75. The molecule has 2 N–H and O–H groups in total. The van der Waals surface area contributed by atoms with Crippen molar-refractivity contribution in [3.05, 3.63) is 11.9 Å². The molecule has 0 aliphatic heterocycles. The Labute approximate surface area is 109 Å². The lowest BCUT2D eigenvalue weighted by atomic mass is 9.87. The highest BCUT2D eigenvalue weighted by Crippen LogP contribution is 2.20. The van der Waals surface area contributed by atoms with E-state index in [2.05, 4.69) is 24.2 Å². The van der Waals surface area contributed by atoms with E-state index in [1.54, 1.807) is 17.9 Å². The Hall–Kier alpha value is -1.23. The second-order valence-electron chi connectivity index (χ2n) is 5.22. The summed E-state index contributed by atoms with van der Waals surface area (Å²) >= 11 is 0. The third-order valence-electron chi connectivity index (χ3n) is 3.30. The van der Waals surface area contributed by atoms with Crippen molar-refractivity contribution >= 4 is 5.78 Å². The number of carbonyl (C=O) groups excluding carboxylic acids is 1. The van der Waals surface area contributed by atoms with E-state index >= 15 is 0 Å². The molecule has 102 valence electrons. The third kappa shape index (κ3) is 4.96. The molecule has 0 saturated heterocycles. The van der Waals surface area contributed by atoms with Crippen LogP contribution in [0.4, 0.5) is 0 Å². The molecule has 5 heteroatoms. The Bertz CT molecular complexity index is 373. The summed E-state index contributed by atoms with van der Waals surface area (Å²) < 4.78 is 1.62. The molecule has 1 aromatic rings. The average Bonchev–Trinajstić information content (AvgIpc) is 2.69. The summed E-state index contributed by atoms with van der Waals surface area (Å²) in [6.45, 7) is 5.07. The van der Waals surface area contributed by atoms with Gasteiger partial charge >= 0.3 is 0 Å². The summed E-state index contributed by atoms with van der Waals surface area (Å²) in [6.07, 6.45) is 4.71. The minimum atomic E-state index is 0.234. The largest absolute Gasteiger partial charge is 0.330 e. The molecule has 18 heavy (non-hydrogen) atoms. The number of hydrogen-bond acceptors (Lipinski definition) is 4. The fourth-order valence-corrected chi connectivity index (χ4v) is 2.14. The SMILES string of the molecule is CC(C)C(CCN)CCC(=O)Cc1cn(C)nn1. The van der Waals surface area contributed by atoms with Crippen molar-refractivity contribution in [3.8, 4) is 0 Å². The van der Waals surface area contributed by atoms with Crippen LogP contribution in [0, 0.1) is 11.8 Å². The third-order valence-corrected chi connectivity index (χ3v) is 3.30. The van der Waals surface area contributed by atoms with Gasteiger partial charge in [-0.1, -0.05) is 19.1 Å². The Morgan fingerprint density at radius 3 is 2.67 bits per heavy atom. The Balaban J connectivity index is 2.35. The fraction of sp³-hybridized carbons (Fsp3) is 0.769. The summed E-state index contributed by atoms with van der Waals surface area (Å²) in [5.41, 5.74) is 6.35. The fourth-order valence-electron chi connectivity index (χ4n) is 2.14. The first-order valence-corrected chi connectivity index (χ1v) is 6.60. The Morgan fingerprint density at radius 1 is 1.44 bits per heavy atom. The second kappa shape index (κ2) is 7.26. The smallest absolute Gasteiger partial charge is 0.138 e. The first kappa shape index (κ1) is 14.8. The monoisotopic (exact) mass is 252 g/mol. The minimum absolute atomic E-state index is 0.234. The van der Waals surface area contributed by atoms with Crippen LogP contribution in [0.5, 0.6) is 0 Å². The summed E-state index contributed by atoms with van der Waals surface area (Å²) in [7, 11) is 1.80. The van der Waals surface area contributed by atoms with Gasteiger partial charge in [-0.2, -0.15) is 0 Å². The quantitative estimate of drug-likeness (QED) is 0.757. The van der Waals surface area contributed by atoms with Gasteiger partial charge in [-0.15, -0.1) is 5.10 Å².